The highest BCUT2D eigenvalue weighted by Gasteiger charge is 2.38. The van der Waals surface area contributed by atoms with Crippen LogP contribution in [0.1, 0.15) is 60.3 Å². The highest BCUT2D eigenvalue weighted by Crippen LogP contribution is 2.59. The van der Waals surface area contributed by atoms with Crippen LogP contribution in [0.2, 0.25) is 0 Å². The Morgan fingerprint density at radius 3 is 2.35 bits per heavy atom. The van der Waals surface area contributed by atoms with Crippen molar-refractivity contribution in [3.8, 4) is 22.6 Å². The van der Waals surface area contributed by atoms with E-state index in [1.807, 2.05) is 44.2 Å². The standard InChI is InChI=1S/C27H29O3P/c1-18-15-20(16-19(2)26(18)28)17-31(29)25-14-7-6-11-23(25)24-13-8-12-22(27(24)30-31)21-9-4-3-5-10-21/h6-8,11-16,21,28H,3-5,9-10,17H2,1-2H3. The van der Waals surface area contributed by atoms with Gasteiger partial charge in [-0.1, -0.05) is 67.8 Å². The van der Waals surface area contributed by atoms with Crippen molar-refractivity contribution >= 4 is 12.7 Å². The summed E-state index contributed by atoms with van der Waals surface area (Å²) >= 11 is 0. The van der Waals surface area contributed by atoms with Gasteiger partial charge < -0.3 is 9.63 Å². The summed E-state index contributed by atoms with van der Waals surface area (Å²) in [6.07, 6.45) is 6.45. The molecule has 0 aromatic heterocycles. The van der Waals surface area contributed by atoms with Crippen LogP contribution in [0.3, 0.4) is 0 Å². The fourth-order valence-corrected chi connectivity index (χ4v) is 7.66. The molecule has 0 spiro atoms. The molecule has 1 heterocycles. The monoisotopic (exact) mass is 432 g/mol. The van der Waals surface area contributed by atoms with Crippen LogP contribution in [0.25, 0.3) is 11.1 Å². The molecule has 1 aliphatic heterocycles. The maximum Gasteiger partial charge on any atom is 0.282 e. The van der Waals surface area contributed by atoms with E-state index in [1.165, 1.54) is 37.7 Å². The van der Waals surface area contributed by atoms with Crippen LogP contribution in [-0.4, -0.2) is 5.11 Å². The Morgan fingerprint density at radius 1 is 0.935 bits per heavy atom. The summed E-state index contributed by atoms with van der Waals surface area (Å²) in [5.41, 5.74) is 5.83. The van der Waals surface area contributed by atoms with Crippen LogP contribution in [-0.2, 0) is 10.7 Å². The maximum atomic E-state index is 14.4. The minimum atomic E-state index is -3.17. The summed E-state index contributed by atoms with van der Waals surface area (Å²) in [5, 5.41) is 11.0. The molecular weight excluding hydrogens is 403 g/mol. The van der Waals surface area contributed by atoms with Gasteiger partial charge in [-0.25, -0.2) is 0 Å². The molecule has 2 aliphatic rings. The van der Waals surface area contributed by atoms with Crippen molar-refractivity contribution in [3.05, 3.63) is 76.9 Å². The van der Waals surface area contributed by atoms with E-state index in [1.54, 1.807) is 0 Å². The third-order valence-corrected chi connectivity index (χ3v) is 9.22. The molecule has 31 heavy (non-hydrogen) atoms. The lowest BCUT2D eigenvalue weighted by atomic mass is 9.82. The van der Waals surface area contributed by atoms with Gasteiger partial charge in [0.1, 0.15) is 11.5 Å². The van der Waals surface area contributed by atoms with Gasteiger partial charge in [0.05, 0.1) is 11.5 Å². The molecule has 1 N–H and O–H groups in total. The van der Waals surface area contributed by atoms with E-state index in [4.69, 9.17) is 4.52 Å². The van der Waals surface area contributed by atoms with Crippen LogP contribution in [0.15, 0.2) is 54.6 Å². The van der Waals surface area contributed by atoms with E-state index in [0.29, 0.717) is 17.8 Å². The first-order valence-electron chi connectivity index (χ1n) is 11.3. The van der Waals surface area contributed by atoms with Gasteiger partial charge >= 0.3 is 0 Å². The summed E-state index contributed by atoms with van der Waals surface area (Å²) in [6.45, 7) is 3.77. The molecule has 1 unspecified atom stereocenters. The summed E-state index contributed by atoms with van der Waals surface area (Å²) in [7, 11) is -3.17. The SMILES string of the molecule is Cc1cc(CP2(=O)Oc3c(cccc3C3CCCCC3)-c3ccccc32)cc(C)c1O. The molecule has 160 valence electrons. The first-order valence-corrected chi connectivity index (χ1v) is 13.1. The van der Waals surface area contributed by atoms with Gasteiger partial charge in [0, 0.05) is 5.56 Å². The normalized spacial score (nSPS) is 20.6. The Kier molecular flexibility index (Phi) is 5.18. The largest absolute Gasteiger partial charge is 0.507 e. The third kappa shape index (κ3) is 3.59. The Labute approximate surface area is 184 Å². The second-order valence-electron chi connectivity index (χ2n) is 9.08. The number of aromatic hydroxyl groups is 1. The number of benzene rings is 3. The molecule has 1 saturated carbocycles. The number of hydrogen-bond donors (Lipinski definition) is 1. The lowest BCUT2D eigenvalue weighted by molar-refractivity contribution is 0.429. The summed E-state index contributed by atoms with van der Waals surface area (Å²) in [6, 6.07) is 18.2. The van der Waals surface area contributed by atoms with Gasteiger partial charge in [0.25, 0.3) is 7.37 Å². The van der Waals surface area contributed by atoms with E-state index in [-0.39, 0.29) is 0 Å². The highest BCUT2D eigenvalue weighted by atomic mass is 31.2. The zero-order valence-electron chi connectivity index (χ0n) is 18.2. The Balaban J connectivity index is 1.63. The van der Waals surface area contributed by atoms with Crippen molar-refractivity contribution in [2.75, 3.05) is 0 Å². The minimum absolute atomic E-state index is 0.303. The molecule has 1 aliphatic carbocycles. The van der Waals surface area contributed by atoms with Gasteiger partial charge in [-0.3, -0.25) is 4.57 Å². The zero-order chi connectivity index (χ0) is 21.6. The van der Waals surface area contributed by atoms with Crippen molar-refractivity contribution < 1.29 is 14.2 Å². The second-order valence-corrected chi connectivity index (χ2v) is 11.4. The highest BCUT2D eigenvalue weighted by molar-refractivity contribution is 7.67. The van der Waals surface area contributed by atoms with Gasteiger partial charge in [-0.05, 0) is 66.5 Å². The number of phenolic OH excluding ortho intramolecular Hbond substituents is 1. The topological polar surface area (TPSA) is 46.5 Å². The predicted molar refractivity (Wildman–Crippen MR) is 127 cm³/mol. The Hall–Kier alpha value is -2.51. The van der Waals surface area contributed by atoms with Crippen molar-refractivity contribution in [1.29, 1.82) is 0 Å². The smallest absolute Gasteiger partial charge is 0.282 e. The molecule has 4 heteroatoms. The predicted octanol–water partition coefficient (Wildman–Crippen LogP) is 7.22. The van der Waals surface area contributed by atoms with Crippen LogP contribution in [0.5, 0.6) is 11.5 Å². The summed E-state index contributed by atoms with van der Waals surface area (Å²) in [4.78, 5) is 0. The molecule has 1 atom stereocenters. The number of rotatable bonds is 3. The van der Waals surface area contributed by atoms with Gasteiger partial charge in [0.15, 0.2) is 0 Å². The molecule has 3 nitrogen and oxygen atoms in total. The van der Waals surface area contributed by atoms with E-state index < -0.39 is 7.37 Å². The lowest BCUT2D eigenvalue weighted by Gasteiger charge is -2.33. The van der Waals surface area contributed by atoms with Crippen molar-refractivity contribution in [1.82, 2.24) is 0 Å². The van der Waals surface area contributed by atoms with E-state index in [2.05, 4.69) is 24.3 Å². The van der Waals surface area contributed by atoms with Crippen LogP contribution in [0, 0.1) is 13.8 Å². The number of hydrogen-bond acceptors (Lipinski definition) is 3. The maximum absolute atomic E-state index is 14.4. The quantitative estimate of drug-likeness (QED) is 0.445. The molecule has 3 aromatic rings. The average Bonchev–Trinajstić information content (AvgIpc) is 2.78. The van der Waals surface area contributed by atoms with Crippen molar-refractivity contribution in [2.24, 2.45) is 0 Å². The van der Waals surface area contributed by atoms with Crippen LogP contribution >= 0.6 is 7.37 Å². The molecule has 5 rings (SSSR count). The third-order valence-electron chi connectivity index (χ3n) is 6.83. The molecular formula is C27H29O3P. The summed E-state index contributed by atoms with van der Waals surface area (Å²) < 4.78 is 21.0. The number of phenols is 1. The fraction of sp³-hybridized carbons (Fsp3) is 0.333. The number of fused-ring (bicyclic) bond motifs is 3. The van der Waals surface area contributed by atoms with E-state index in [0.717, 1.165) is 38.9 Å². The molecule has 3 aromatic carbocycles. The van der Waals surface area contributed by atoms with Crippen molar-refractivity contribution in [3.63, 3.8) is 0 Å². The van der Waals surface area contributed by atoms with Gasteiger partial charge in [-0.2, -0.15) is 0 Å². The molecule has 0 radical (unpaired) electrons. The Bertz CT molecular complexity index is 1170. The van der Waals surface area contributed by atoms with Crippen LogP contribution in [0.4, 0.5) is 0 Å². The lowest BCUT2D eigenvalue weighted by Crippen LogP contribution is -2.20. The Morgan fingerprint density at radius 2 is 1.61 bits per heavy atom. The first-order chi connectivity index (χ1) is 15.0. The van der Waals surface area contributed by atoms with Gasteiger partial charge in [0.2, 0.25) is 0 Å². The van der Waals surface area contributed by atoms with E-state index >= 15 is 0 Å². The number of para-hydroxylation sites is 1. The van der Waals surface area contributed by atoms with Gasteiger partial charge in [-0.15, -0.1) is 0 Å². The minimum Gasteiger partial charge on any atom is -0.507 e. The van der Waals surface area contributed by atoms with E-state index in [9.17, 15) is 9.67 Å². The zero-order valence-corrected chi connectivity index (χ0v) is 19.1. The average molecular weight is 433 g/mol. The number of aryl methyl sites for hydroxylation is 2. The molecule has 0 bridgehead atoms. The second kappa shape index (κ2) is 7.88. The molecule has 1 fully saturated rings. The first kappa shape index (κ1) is 20.4. The van der Waals surface area contributed by atoms with Crippen molar-refractivity contribution in [2.45, 2.75) is 58.0 Å². The van der Waals surface area contributed by atoms with Crippen LogP contribution < -0.4 is 9.83 Å². The summed E-state index contributed by atoms with van der Waals surface area (Å²) in [5.74, 6) is 1.60. The molecule has 0 amide bonds. The fourth-order valence-electron chi connectivity index (χ4n) is 5.29. The molecule has 0 saturated heterocycles.